The van der Waals surface area contributed by atoms with Crippen LogP contribution in [-0.2, 0) is 11.3 Å². The highest BCUT2D eigenvalue weighted by Gasteiger charge is 2.42. The van der Waals surface area contributed by atoms with Crippen LogP contribution < -0.4 is 10.1 Å². The molecule has 0 bridgehead atoms. The van der Waals surface area contributed by atoms with E-state index < -0.39 is 12.0 Å². The maximum absolute atomic E-state index is 13.7. The van der Waals surface area contributed by atoms with Gasteiger partial charge in [-0.3, -0.25) is 9.59 Å². The van der Waals surface area contributed by atoms with Crippen molar-refractivity contribution in [3.05, 3.63) is 108 Å². The van der Waals surface area contributed by atoms with Gasteiger partial charge >= 0.3 is 0 Å². The number of nitrogens with zero attached hydrogens (tertiary/aromatic N) is 4. The fourth-order valence-electron chi connectivity index (χ4n) is 4.59. The maximum atomic E-state index is 13.7. The minimum atomic E-state index is -0.586. The number of carbonyl (C=O) groups excluding carboxylic acids is 2. The molecular weight excluding hydrogens is 442 g/mol. The number of amides is 2. The molecule has 2 atom stereocenters. The zero-order chi connectivity index (χ0) is 24.4. The minimum absolute atomic E-state index is 0.108. The van der Waals surface area contributed by atoms with Crippen LogP contribution >= 0.6 is 0 Å². The molecule has 8 heteroatoms. The molecule has 0 aliphatic carbocycles. The SMILES string of the molecule is COc1ccc([C@H]2[C@H](C(=O)Nc3ccc(Cn4cncn4)cc3)c3ccccc3C(=O)N2C)cc1. The molecule has 0 spiro atoms. The monoisotopic (exact) mass is 467 g/mol. The predicted molar refractivity (Wildman–Crippen MR) is 131 cm³/mol. The normalized spacial score (nSPS) is 17.1. The van der Waals surface area contributed by atoms with E-state index in [0.29, 0.717) is 23.5 Å². The van der Waals surface area contributed by atoms with Crippen LogP contribution in [0.4, 0.5) is 5.69 Å². The number of aromatic nitrogens is 3. The second-order valence-electron chi connectivity index (χ2n) is 8.48. The van der Waals surface area contributed by atoms with E-state index in [1.165, 1.54) is 6.33 Å². The number of nitrogens with one attached hydrogen (secondary N) is 1. The molecule has 0 saturated heterocycles. The summed E-state index contributed by atoms with van der Waals surface area (Å²) >= 11 is 0. The summed E-state index contributed by atoms with van der Waals surface area (Å²) in [5, 5.41) is 7.18. The van der Waals surface area contributed by atoms with Gasteiger partial charge in [-0.05, 0) is 47.0 Å². The third-order valence-electron chi connectivity index (χ3n) is 6.35. The second-order valence-corrected chi connectivity index (χ2v) is 8.48. The Balaban J connectivity index is 1.46. The smallest absolute Gasteiger partial charge is 0.254 e. The van der Waals surface area contributed by atoms with E-state index in [1.54, 1.807) is 36.1 Å². The lowest BCUT2D eigenvalue weighted by Crippen LogP contribution is -2.44. The number of fused-ring (bicyclic) bond motifs is 1. The van der Waals surface area contributed by atoms with Gasteiger partial charge in [-0.15, -0.1) is 0 Å². The highest BCUT2D eigenvalue weighted by Crippen LogP contribution is 2.42. The standard InChI is InChI=1S/C27H25N5O3/c1-31-25(19-9-13-21(35-2)14-10-19)24(22-5-3-4-6-23(22)27(31)34)26(33)30-20-11-7-18(8-12-20)15-32-17-28-16-29-32/h3-14,16-17,24-25H,15H2,1-2H3,(H,30,33)/t24-,25+/m1/s1. The van der Waals surface area contributed by atoms with Crippen molar-refractivity contribution in [2.24, 2.45) is 0 Å². The molecule has 0 unspecified atom stereocenters. The van der Waals surface area contributed by atoms with Crippen molar-refractivity contribution in [1.29, 1.82) is 0 Å². The van der Waals surface area contributed by atoms with Crippen molar-refractivity contribution < 1.29 is 14.3 Å². The van der Waals surface area contributed by atoms with Gasteiger partial charge in [-0.2, -0.15) is 5.10 Å². The molecule has 1 aliphatic rings. The topological polar surface area (TPSA) is 89.3 Å². The summed E-state index contributed by atoms with van der Waals surface area (Å²) < 4.78 is 7.02. The van der Waals surface area contributed by atoms with Gasteiger partial charge < -0.3 is 15.0 Å². The van der Waals surface area contributed by atoms with E-state index in [1.807, 2.05) is 66.7 Å². The van der Waals surface area contributed by atoms with Crippen LogP contribution in [0.15, 0.2) is 85.5 Å². The summed E-state index contributed by atoms with van der Waals surface area (Å²) in [6.45, 7) is 0.594. The Hall–Kier alpha value is -4.46. The van der Waals surface area contributed by atoms with E-state index in [-0.39, 0.29) is 11.8 Å². The van der Waals surface area contributed by atoms with Crippen molar-refractivity contribution in [1.82, 2.24) is 19.7 Å². The van der Waals surface area contributed by atoms with E-state index in [4.69, 9.17) is 4.74 Å². The van der Waals surface area contributed by atoms with Crippen LogP contribution in [-0.4, -0.2) is 45.6 Å². The van der Waals surface area contributed by atoms with E-state index in [2.05, 4.69) is 15.4 Å². The molecule has 3 aromatic carbocycles. The maximum Gasteiger partial charge on any atom is 0.254 e. The summed E-state index contributed by atoms with van der Waals surface area (Å²) in [5.74, 6) is -0.160. The first-order valence-electron chi connectivity index (χ1n) is 11.3. The van der Waals surface area contributed by atoms with Gasteiger partial charge in [0, 0.05) is 18.3 Å². The van der Waals surface area contributed by atoms with Crippen LogP contribution in [0.2, 0.25) is 0 Å². The Bertz CT molecular complexity index is 1330. The molecule has 176 valence electrons. The summed E-state index contributed by atoms with van der Waals surface area (Å²) in [6.07, 6.45) is 3.16. The van der Waals surface area contributed by atoms with Gasteiger partial charge in [0.2, 0.25) is 5.91 Å². The van der Waals surface area contributed by atoms with Gasteiger partial charge in [-0.25, -0.2) is 9.67 Å². The fraction of sp³-hybridized carbons (Fsp3) is 0.185. The number of methoxy groups -OCH3 is 1. The number of likely N-dealkylation sites (N-methyl/N-ethyl adjacent to an activating group) is 1. The largest absolute Gasteiger partial charge is 0.497 e. The first kappa shape index (κ1) is 22.3. The van der Waals surface area contributed by atoms with Gasteiger partial charge in [0.25, 0.3) is 5.91 Å². The zero-order valence-corrected chi connectivity index (χ0v) is 19.5. The molecule has 35 heavy (non-hydrogen) atoms. The number of ether oxygens (including phenoxy) is 1. The van der Waals surface area contributed by atoms with E-state index in [9.17, 15) is 9.59 Å². The fourth-order valence-corrected chi connectivity index (χ4v) is 4.59. The zero-order valence-electron chi connectivity index (χ0n) is 19.5. The lowest BCUT2D eigenvalue weighted by molar-refractivity contribution is -0.119. The first-order chi connectivity index (χ1) is 17.0. The van der Waals surface area contributed by atoms with E-state index in [0.717, 1.165) is 16.7 Å². The molecule has 8 nitrogen and oxygen atoms in total. The predicted octanol–water partition coefficient (Wildman–Crippen LogP) is 3.88. The van der Waals surface area contributed by atoms with Crippen LogP contribution in [0.3, 0.4) is 0 Å². The highest BCUT2D eigenvalue weighted by molar-refractivity contribution is 6.04. The molecule has 4 aromatic rings. The third kappa shape index (κ3) is 4.38. The number of anilines is 1. The summed E-state index contributed by atoms with van der Waals surface area (Å²) in [7, 11) is 3.35. The summed E-state index contributed by atoms with van der Waals surface area (Å²) in [4.78, 5) is 32.5. The van der Waals surface area contributed by atoms with E-state index >= 15 is 0 Å². The van der Waals surface area contributed by atoms with Crippen LogP contribution in [0.25, 0.3) is 0 Å². The molecule has 0 radical (unpaired) electrons. The number of carbonyl (C=O) groups is 2. The second kappa shape index (κ2) is 9.42. The lowest BCUT2D eigenvalue weighted by Gasteiger charge is -2.39. The molecule has 0 fully saturated rings. The van der Waals surface area contributed by atoms with Gasteiger partial charge in [0.15, 0.2) is 0 Å². The Morgan fingerprint density at radius 3 is 2.46 bits per heavy atom. The molecule has 1 aromatic heterocycles. The number of hydrogen-bond acceptors (Lipinski definition) is 5. The Morgan fingerprint density at radius 1 is 1.03 bits per heavy atom. The van der Waals surface area contributed by atoms with Crippen molar-refractivity contribution in [2.45, 2.75) is 18.5 Å². The Morgan fingerprint density at radius 2 is 1.77 bits per heavy atom. The molecule has 0 saturated carbocycles. The molecule has 1 aliphatic heterocycles. The lowest BCUT2D eigenvalue weighted by atomic mass is 9.79. The molecular formula is C27H25N5O3. The van der Waals surface area contributed by atoms with Crippen LogP contribution in [0.1, 0.15) is 39.0 Å². The van der Waals surface area contributed by atoms with Crippen molar-refractivity contribution >= 4 is 17.5 Å². The highest BCUT2D eigenvalue weighted by atomic mass is 16.5. The van der Waals surface area contributed by atoms with Gasteiger partial charge in [0.1, 0.15) is 18.4 Å². The third-order valence-corrected chi connectivity index (χ3v) is 6.35. The number of rotatable bonds is 6. The van der Waals surface area contributed by atoms with Crippen molar-refractivity contribution in [2.75, 3.05) is 19.5 Å². The van der Waals surface area contributed by atoms with Crippen LogP contribution in [0.5, 0.6) is 5.75 Å². The van der Waals surface area contributed by atoms with Crippen molar-refractivity contribution in [3.63, 3.8) is 0 Å². The average Bonchev–Trinajstić information content (AvgIpc) is 3.40. The molecule has 2 amide bonds. The Labute approximate surface area is 203 Å². The molecule has 2 heterocycles. The summed E-state index contributed by atoms with van der Waals surface area (Å²) in [5.41, 5.74) is 3.85. The quantitative estimate of drug-likeness (QED) is 0.465. The minimum Gasteiger partial charge on any atom is -0.497 e. The Kier molecular flexibility index (Phi) is 6.01. The first-order valence-corrected chi connectivity index (χ1v) is 11.3. The molecule has 1 N–H and O–H groups in total. The molecule has 5 rings (SSSR count). The summed E-state index contributed by atoms with van der Waals surface area (Å²) in [6, 6.07) is 22.0. The van der Waals surface area contributed by atoms with Crippen molar-refractivity contribution in [3.8, 4) is 5.75 Å². The van der Waals surface area contributed by atoms with Gasteiger partial charge in [0.05, 0.1) is 25.6 Å². The average molecular weight is 468 g/mol. The van der Waals surface area contributed by atoms with Gasteiger partial charge in [-0.1, -0.05) is 42.5 Å². The van der Waals surface area contributed by atoms with Crippen LogP contribution in [0, 0.1) is 0 Å². The number of hydrogen-bond donors (Lipinski definition) is 1. The number of benzene rings is 3.